The monoisotopic (exact) mass is 306 g/mol. The summed E-state index contributed by atoms with van der Waals surface area (Å²) in [4.78, 5) is 23.3. The summed E-state index contributed by atoms with van der Waals surface area (Å²) in [5.41, 5.74) is 2.47. The van der Waals surface area contributed by atoms with Crippen LogP contribution in [0.25, 0.3) is 0 Å². The Bertz CT molecular complexity index is 533. The number of ether oxygens (including phenoxy) is 1. The SMILES string of the molecule is Cc1ccc(C)c(NC(=O)CCCNC(=O)OC(C)(C)C)c1. The van der Waals surface area contributed by atoms with Crippen LogP contribution < -0.4 is 10.6 Å². The third-order valence-electron chi connectivity index (χ3n) is 2.92. The standard InChI is InChI=1S/C17H26N2O3/c1-12-8-9-13(2)14(11-12)19-15(20)7-6-10-18-16(21)22-17(3,4)5/h8-9,11H,6-7,10H2,1-5H3,(H,18,21)(H,19,20). The van der Waals surface area contributed by atoms with Crippen LogP contribution in [0, 0.1) is 13.8 Å². The molecule has 122 valence electrons. The van der Waals surface area contributed by atoms with Crippen molar-refractivity contribution in [3.8, 4) is 0 Å². The van der Waals surface area contributed by atoms with Crippen molar-refractivity contribution in [3.05, 3.63) is 29.3 Å². The van der Waals surface area contributed by atoms with Crippen molar-refractivity contribution in [2.24, 2.45) is 0 Å². The Hall–Kier alpha value is -2.04. The number of hydrogen-bond donors (Lipinski definition) is 2. The highest BCUT2D eigenvalue weighted by molar-refractivity contribution is 5.91. The molecule has 5 nitrogen and oxygen atoms in total. The van der Waals surface area contributed by atoms with E-state index in [1.165, 1.54) is 0 Å². The second kappa shape index (κ2) is 7.82. The predicted octanol–water partition coefficient (Wildman–Crippen LogP) is 3.55. The first-order chi connectivity index (χ1) is 10.2. The van der Waals surface area contributed by atoms with E-state index >= 15 is 0 Å². The summed E-state index contributed by atoms with van der Waals surface area (Å²) in [6.45, 7) is 9.78. The first kappa shape index (κ1) is 18.0. The molecule has 0 aliphatic heterocycles. The Balaban J connectivity index is 2.29. The van der Waals surface area contributed by atoms with E-state index in [4.69, 9.17) is 4.74 Å². The van der Waals surface area contributed by atoms with Crippen LogP contribution >= 0.6 is 0 Å². The van der Waals surface area contributed by atoms with Gasteiger partial charge in [0.15, 0.2) is 0 Å². The average Bonchev–Trinajstić information content (AvgIpc) is 2.37. The highest BCUT2D eigenvalue weighted by atomic mass is 16.6. The maximum absolute atomic E-state index is 11.9. The number of anilines is 1. The zero-order valence-corrected chi connectivity index (χ0v) is 14.1. The van der Waals surface area contributed by atoms with Crippen LogP contribution in [0.5, 0.6) is 0 Å². The number of benzene rings is 1. The normalized spacial score (nSPS) is 11.0. The molecule has 0 saturated carbocycles. The van der Waals surface area contributed by atoms with Gasteiger partial charge in [-0.25, -0.2) is 4.79 Å². The minimum atomic E-state index is -0.510. The van der Waals surface area contributed by atoms with Gasteiger partial charge in [-0.2, -0.15) is 0 Å². The van der Waals surface area contributed by atoms with Gasteiger partial charge in [0.1, 0.15) is 5.60 Å². The van der Waals surface area contributed by atoms with Crippen molar-refractivity contribution in [2.45, 2.75) is 53.1 Å². The summed E-state index contributed by atoms with van der Waals surface area (Å²) in [6, 6.07) is 5.94. The van der Waals surface area contributed by atoms with Gasteiger partial charge in [-0.05, 0) is 58.2 Å². The van der Waals surface area contributed by atoms with Crippen LogP contribution in [0.15, 0.2) is 18.2 Å². The number of rotatable bonds is 5. The molecule has 0 heterocycles. The van der Waals surface area contributed by atoms with Crippen molar-refractivity contribution in [3.63, 3.8) is 0 Å². The molecule has 2 N–H and O–H groups in total. The third-order valence-corrected chi connectivity index (χ3v) is 2.92. The van der Waals surface area contributed by atoms with Crippen molar-refractivity contribution in [1.82, 2.24) is 5.32 Å². The van der Waals surface area contributed by atoms with E-state index in [2.05, 4.69) is 10.6 Å². The van der Waals surface area contributed by atoms with Crippen LogP contribution in [0.3, 0.4) is 0 Å². The number of alkyl carbamates (subject to hydrolysis) is 1. The van der Waals surface area contributed by atoms with Gasteiger partial charge in [-0.1, -0.05) is 12.1 Å². The van der Waals surface area contributed by atoms with Crippen LogP contribution in [0.1, 0.15) is 44.7 Å². The lowest BCUT2D eigenvalue weighted by molar-refractivity contribution is -0.116. The van der Waals surface area contributed by atoms with Crippen molar-refractivity contribution < 1.29 is 14.3 Å². The molecule has 0 radical (unpaired) electrons. The minimum Gasteiger partial charge on any atom is -0.444 e. The molecule has 0 saturated heterocycles. The molecule has 0 unspecified atom stereocenters. The van der Waals surface area contributed by atoms with Gasteiger partial charge in [0.2, 0.25) is 5.91 Å². The van der Waals surface area contributed by atoms with Gasteiger partial charge in [0, 0.05) is 18.7 Å². The molecular weight excluding hydrogens is 280 g/mol. The van der Waals surface area contributed by atoms with Gasteiger partial charge in [0.25, 0.3) is 0 Å². The lowest BCUT2D eigenvalue weighted by Gasteiger charge is -2.19. The fourth-order valence-electron chi connectivity index (χ4n) is 1.84. The van der Waals surface area contributed by atoms with Crippen molar-refractivity contribution in [2.75, 3.05) is 11.9 Å². The summed E-state index contributed by atoms with van der Waals surface area (Å²) in [5, 5.41) is 5.53. The molecule has 5 heteroatoms. The lowest BCUT2D eigenvalue weighted by Crippen LogP contribution is -2.33. The van der Waals surface area contributed by atoms with Crippen LogP contribution in [0.2, 0.25) is 0 Å². The van der Waals surface area contributed by atoms with Gasteiger partial charge >= 0.3 is 6.09 Å². The van der Waals surface area contributed by atoms with E-state index < -0.39 is 11.7 Å². The lowest BCUT2D eigenvalue weighted by atomic mass is 10.1. The first-order valence-corrected chi connectivity index (χ1v) is 7.51. The number of amides is 2. The molecule has 1 aromatic carbocycles. The quantitative estimate of drug-likeness (QED) is 0.818. The van der Waals surface area contributed by atoms with E-state index in [0.717, 1.165) is 16.8 Å². The molecule has 0 aliphatic carbocycles. The summed E-state index contributed by atoms with van der Waals surface area (Å²) in [5.74, 6) is -0.0558. The van der Waals surface area contributed by atoms with E-state index in [-0.39, 0.29) is 5.91 Å². The van der Waals surface area contributed by atoms with Crippen LogP contribution in [-0.4, -0.2) is 24.1 Å². The van der Waals surface area contributed by atoms with E-state index in [0.29, 0.717) is 19.4 Å². The Morgan fingerprint density at radius 2 is 1.86 bits per heavy atom. The summed E-state index contributed by atoms with van der Waals surface area (Å²) < 4.78 is 5.12. The number of carbonyl (C=O) groups is 2. The summed E-state index contributed by atoms with van der Waals surface area (Å²) >= 11 is 0. The summed E-state index contributed by atoms with van der Waals surface area (Å²) in [7, 11) is 0. The maximum atomic E-state index is 11.9. The largest absolute Gasteiger partial charge is 0.444 e. The molecule has 0 fully saturated rings. The highest BCUT2D eigenvalue weighted by Gasteiger charge is 2.15. The molecule has 0 bridgehead atoms. The van der Waals surface area contributed by atoms with Gasteiger partial charge in [0.05, 0.1) is 0 Å². The molecule has 0 spiro atoms. The number of carbonyl (C=O) groups excluding carboxylic acids is 2. The smallest absolute Gasteiger partial charge is 0.407 e. The van der Waals surface area contributed by atoms with Crippen LogP contribution in [-0.2, 0) is 9.53 Å². The van der Waals surface area contributed by atoms with E-state index in [1.807, 2.05) is 52.8 Å². The number of nitrogens with one attached hydrogen (secondary N) is 2. The number of hydrogen-bond acceptors (Lipinski definition) is 3. The third kappa shape index (κ3) is 7.11. The molecule has 1 rings (SSSR count). The summed E-state index contributed by atoms with van der Waals surface area (Å²) in [6.07, 6.45) is 0.460. The molecular formula is C17H26N2O3. The topological polar surface area (TPSA) is 67.4 Å². The van der Waals surface area contributed by atoms with Crippen LogP contribution in [0.4, 0.5) is 10.5 Å². The highest BCUT2D eigenvalue weighted by Crippen LogP contribution is 2.16. The molecule has 0 aliphatic rings. The predicted molar refractivity (Wildman–Crippen MR) is 88.0 cm³/mol. The van der Waals surface area contributed by atoms with Crippen molar-refractivity contribution in [1.29, 1.82) is 0 Å². The second-order valence-corrected chi connectivity index (χ2v) is 6.40. The Morgan fingerprint density at radius 1 is 1.18 bits per heavy atom. The molecule has 1 aromatic rings. The van der Waals surface area contributed by atoms with E-state index in [9.17, 15) is 9.59 Å². The first-order valence-electron chi connectivity index (χ1n) is 7.51. The average molecular weight is 306 g/mol. The maximum Gasteiger partial charge on any atom is 0.407 e. The molecule has 0 aromatic heterocycles. The Kier molecular flexibility index (Phi) is 6.40. The zero-order valence-electron chi connectivity index (χ0n) is 14.1. The fraction of sp³-hybridized carbons (Fsp3) is 0.529. The van der Waals surface area contributed by atoms with Crippen molar-refractivity contribution >= 4 is 17.7 Å². The second-order valence-electron chi connectivity index (χ2n) is 6.40. The van der Waals surface area contributed by atoms with Gasteiger partial charge in [-0.3, -0.25) is 4.79 Å². The van der Waals surface area contributed by atoms with Gasteiger partial charge in [-0.15, -0.1) is 0 Å². The fourth-order valence-corrected chi connectivity index (χ4v) is 1.84. The Labute approximate surface area is 132 Å². The zero-order chi connectivity index (χ0) is 16.8. The number of aryl methyl sites for hydroxylation is 2. The van der Waals surface area contributed by atoms with Gasteiger partial charge < -0.3 is 15.4 Å². The Morgan fingerprint density at radius 3 is 2.50 bits per heavy atom. The van der Waals surface area contributed by atoms with E-state index in [1.54, 1.807) is 0 Å². The molecule has 2 amide bonds. The minimum absolute atomic E-state index is 0.0558. The molecule has 22 heavy (non-hydrogen) atoms. The molecule has 0 atom stereocenters.